The van der Waals surface area contributed by atoms with Gasteiger partial charge in [0.1, 0.15) is 0 Å². The third-order valence-corrected chi connectivity index (χ3v) is 5.83. The second-order valence-electron chi connectivity index (χ2n) is 7.17. The first-order valence-corrected chi connectivity index (χ1v) is 8.95. The van der Waals surface area contributed by atoms with Crippen LogP contribution in [0.2, 0.25) is 0 Å². The van der Waals surface area contributed by atoms with Gasteiger partial charge >= 0.3 is 0 Å². The molecule has 0 heterocycles. The van der Waals surface area contributed by atoms with Crippen LogP contribution in [-0.4, -0.2) is 0 Å². The van der Waals surface area contributed by atoms with Gasteiger partial charge in [0, 0.05) is 5.41 Å². The summed E-state index contributed by atoms with van der Waals surface area (Å²) in [6.07, 6.45) is 16.9. The van der Waals surface area contributed by atoms with Gasteiger partial charge in [0.2, 0.25) is 0 Å². The molecule has 1 aromatic carbocycles. The molecule has 124 valence electrons. The molecule has 1 saturated carbocycles. The predicted octanol–water partition coefficient (Wildman–Crippen LogP) is 6.33. The fraction of sp³-hybridized carbons (Fsp3) is 0.524. The largest absolute Gasteiger partial charge is 0.204 e. The summed E-state index contributed by atoms with van der Waals surface area (Å²) in [7, 11) is 0. The van der Waals surface area contributed by atoms with Crippen molar-refractivity contribution in [3.63, 3.8) is 0 Å². The van der Waals surface area contributed by atoms with Crippen molar-refractivity contribution in [1.29, 1.82) is 0 Å². The van der Waals surface area contributed by atoms with Crippen LogP contribution < -0.4 is 0 Å². The average Bonchev–Trinajstić information content (AvgIpc) is 2.59. The van der Waals surface area contributed by atoms with Crippen molar-refractivity contribution in [2.45, 2.75) is 57.3 Å². The second kappa shape index (κ2) is 6.98. The van der Waals surface area contributed by atoms with Crippen molar-refractivity contribution in [1.82, 2.24) is 0 Å². The smallest absolute Gasteiger partial charge is 0.159 e. The molecule has 2 aliphatic carbocycles. The van der Waals surface area contributed by atoms with Gasteiger partial charge in [-0.25, -0.2) is 8.78 Å². The zero-order valence-corrected chi connectivity index (χ0v) is 13.9. The topological polar surface area (TPSA) is 0 Å². The van der Waals surface area contributed by atoms with Crippen LogP contribution in [0.25, 0.3) is 0 Å². The first-order chi connectivity index (χ1) is 11.2. The summed E-state index contributed by atoms with van der Waals surface area (Å²) in [6.45, 7) is 2.25. The maximum Gasteiger partial charge on any atom is 0.159 e. The summed E-state index contributed by atoms with van der Waals surface area (Å²) >= 11 is 0. The van der Waals surface area contributed by atoms with Gasteiger partial charge in [-0.3, -0.25) is 0 Å². The molecule has 0 aliphatic heterocycles. The number of halogens is 2. The highest BCUT2D eigenvalue weighted by Gasteiger charge is 2.40. The highest BCUT2D eigenvalue weighted by Crippen LogP contribution is 2.47. The van der Waals surface area contributed by atoms with Crippen LogP contribution in [0.1, 0.15) is 57.4 Å². The minimum atomic E-state index is -0.758. The Bertz CT molecular complexity index is 594. The first-order valence-electron chi connectivity index (χ1n) is 8.95. The number of hydrogen-bond donors (Lipinski definition) is 0. The lowest BCUT2D eigenvalue weighted by Gasteiger charge is -2.43. The molecule has 0 bridgehead atoms. The highest BCUT2D eigenvalue weighted by molar-refractivity contribution is 5.37. The van der Waals surface area contributed by atoms with E-state index >= 15 is 0 Å². The number of hydrogen-bond acceptors (Lipinski definition) is 0. The van der Waals surface area contributed by atoms with Gasteiger partial charge < -0.3 is 0 Å². The van der Waals surface area contributed by atoms with Crippen LogP contribution in [-0.2, 0) is 5.41 Å². The Labute approximate surface area is 138 Å². The van der Waals surface area contributed by atoms with Gasteiger partial charge in [-0.2, -0.15) is 0 Å². The first kappa shape index (κ1) is 16.4. The van der Waals surface area contributed by atoms with Gasteiger partial charge in [0.25, 0.3) is 0 Å². The lowest BCUT2D eigenvalue weighted by molar-refractivity contribution is 0.194. The van der Waals surface area contributed by atoms with Gasteiger partial charge in [-0.05, 0) is 48.8 Å². The number of benzene rings is 1. The molecule has 0 N–H and O–H groups in total. The van der Waals surface area contributed by atoms with E-state index in [0.29, 0.717) is 5.92 Å². The molecule has 0 spiro atoms. The van der Waals surface area contributed by atoms with Crippen LogP contribution in [0, 0.1) is 23.5 Å². The number of rotatable bonds is 4. The Hall–Kier alpha value is -1.44. The van der Waals surface area contributed by atoms with Crippen LogP contribution in [0.5, 0.6) is 0 Å². The Kier molecular flexibility index (Phi) is 4.99. The second-order valence-corrected chi connectivity index (χ2v) is 7.17. The van der Waals surface area contributed by atoms with Crippen molar-refractivity contribution in [3.05, 3.63) is 59.7 Å². The molecule has 1 atom stereocenters. The monoisotopic (exact) mass is 316 g/mol. The molecule has 0 amide bonds. The molecular weight excluding hydrogens is 290 g/mol. The van der Waals surface area contributed by atoms with E-state index in [2.05, 4.69) is 31.2 Å². The highest BCUT2D eigenvalue weighted by atomic mass is 19.2. The summed E-state index contributed by atoms with van der Waals surface area (Å²) in [6, 6.07) is 4.47. The summed E-state index contributed by atoms with van der Waals surface area (Å²) < 4.78 is 27.2. The molecule has 2 heteroatoms. The molecule has 0 radical (unpaired) electrons. The van der Waals surface area contributed by atoms with E-state index in [4.69, 9.17) is 0 Å². The molecule has 23 heavy (non-hydrogen) atoms. The van der Waals surface area contributed by atoms with Crippen molar-refractivity contribution in [3.8, 4) is 0 Å². The normalized spacial score (nSPS) is 30.6. The minimum Gasteiger partial charge on any atom is -0.204 e. The quantitative estimate of drug-likeness (QED) is 0.609. The van der Waals surface area contributed by atoms with E-state index in [9.17, 15) is 8.78 Å². The Morgan fingerprint density at radius 3 is 2.43 bits per heavy atom. The molecule has 2 aliphatic rings. The Balaban J connectivity index is 1.87. The molecule has 1 fully saturated rings. The van der Waals surface area contributed by atoms with Gasteiger partial charge in [0.05, 0.1) is 0 Å². The maximum atomic E-state index is 13.8. The predicted molar refractivity (Wildman–Crippen MR) is 91.3 cm³/mol. The minimum absolute atomic E-state index is 0.166. The average molecular weight is 316 g/mol. The molecule has 0 nitrogen and oxygen atoms in total. The fourth-order valence-corrected chi connectivity index (χ4v) is 4.55. The summed E-state index contributed by atoms with van der Waals surface area (Å²) in [5, 5.41) is 0. The van der Waals surface area contributed by atoms with Crippen molar-refractivity contribution < 1.29 is 8.78 Å². The van der Waals surface area contributed by atoms with Crippen LogP contribution in [0.4, 0.5) is 8.78 Å². The third kappa shape index (κ3) is 3.27. The van der Waals surface area contributed by atoms with E-state index in [0.717, 1.165) is 17.9 Å². The lowest BCUT2D eigenvalue weighted by Crippen LogP contribution is -2.36. The van der Waals surface area contributed by atoms with Crippen molar-refractivity contribution in [2.24, 2.45) is 11.8 Å². The van der Waals surface area contributed by atoms with Crippen LogP contribution >= 0.6 is 0 Å². The van der Waals surface area contributed by atoms with Gasteiger partial charge in [-0.15, -0.1) is 0 Å². The van der Waals surface area contributed by atoms with E-state index in [1.165, 1.54) is 50.7 Å². The maximum absolute atomic E-state index is 13.8. The van der Waals surface area contributed by atoms with Crippen molar-refractivity contribution >= 4 is 0 Å². The molecule has 0 saturated heterocycles. The van der Waals surface area contributed by atoms with E-state index < -0.39 is 11.6 Å². The van der Waals surface area contributed by atoms with E-state index in [1.807, 2.05) is 0 Å². The van der Waals surface area contributed by atoms with Gasteiger partial charge in [-0.1, -0.05) is 63.0 Å². The lowest BCUT2D eigenvalue weighted by atomic mass is 9.61. The molecule has 1 unspecified atom stereocenters. The van der Waals surface area contributed by atoms with Crippen molar-refractivity contribution in [2.75, 3.05) is 0 Å². The van der Waals surface area contributed by atoms with E-state index in [-0.39, 0.29) is 5.41 Å². The summed E-state index contributed by atoms with van der Waals surface area (Å²) in [5.41, 5.74) is 0.761. The molecule has 1 aromatic rings. The van der Waals surface area contributed by atoms with Gasteiger partial charge in [0.15, 0.2) is 11.6 Å². The Morgan fingerprint density at radius 2 is 1.83 bits per heavy atom. The summed E-state index contributed by atoms with van der Waals surface area (Å²) in [5.74, 6) is -0.126. The summed E-state index contributed by atoms with van der Waals surface area (Å²) in [4.78, 5) is 0. The standard InChI is InChI=1S/C21H26F2/c1-2-6-16-7-9-17(10-8-16)21(13-4-3-5-14-21)18-11-12-19(22)20(23)15-18/h3-5,11-13,15-17H,2,6-10,14H2,1H3/t16-,17-,21?. The SMILES string of the molecule is CCC[C@H]1CC[C@H](C2(c3ccc(F)c(F)c3)C=CC=CC2)CC1. The fourth-order valence-electron chi connectivity index (χ4n) is 4.55. The van der Waals surface area contributed by atoms with Crippen LogP contribution in [0.3, 0.4) is 0 Å². The third-order valence-electron chi connectivity index (χ3n) is 5.83. The van der Waals surface area contributed by atoms with Crippen LogP contribution in [0.15, 0.2) is 42.5 Å². The molecular formula is C21H26F2. The molecule has 0 aromatic heterocycles. The molecule has 3 rings (SSSR count). The number of allylic oxidation sites excluding steroid dienone is 4. The Morgan fingerprint density at radius 1 is 1.04 bits per heavy atom. The van der Waals surface area contributed by atoms with E-state index in [1.54, 1.807) is 6.07 Å². The zero-order chi connectivity index (χ0) is 16.3. The zero-order valence-electron chi connectivity index (χ0n) is 13.9.